The van der Waals surface area contributed by atoms with Gasteiger partial charge < -0.3 is 9.15 Å². The van der Waals surface area contributed by atoms with Crippen LogP contribution in [-0.2, 0) is 14.6 Å². The van der Waals surface area contributed by atoms with Gasteiger partial charge in [0, 0.05) is 17.8 Å². The lowest BCUT2D eigenvalue weighted by Crippen LogP contribution is -2.13. The molecule has 3 aromatic rings. The Kier molecular flexibility index (Phi) is 6.05. The summed E-state index contributed by atoms with van der Waals surface area (Å²) in [5.74, 6) is -1.13. The summed E-state index contributed by atoms with van der Waals surface area (Å²) in [5, 5.41) is 11.1. The van der Waals surface area contributed by atoms with Crippen LogP contribution in [0.4, 0.5) is 5.13 Å². The van der Waals surface area contributed by atoms with Gasteiger partial charge in [-0.05, 0) is 35.9 Å². The summed E-state index contributed by atoms with van der Waals surface area (Å²) in [6.07, 6.45) is 3.60. The third-order valence-corrected chi connectivity index (χ3v) is 5.04. The van der Waals surface area contributed by atoms with Gasteiger partial charge in [0.15, 0.2) is 0 Å². The predicted molar refractivity (Wildman–Crippen MR) is 105 cm³/mol. The minimum absolute atomic E-state index is 0.0538. The Morgan fingerprint density at radius 2 is 2.00 bits per heavy atom. The Hall–Kier alpha value is -3.82. The summed E-state index contributed by atoms with van der Waals surface area (Å²) in [7, 11) is -3.60. The number of anilines is 1. The molecule has 10 nitrogen and oxygen atoms in total. The van der Waals surface area contributed by atoms with Crippen molar-refractivity contribution in [2.45, 2.75) is 5.16 Å². The second kappa shape index (κ2) is 8.68. The molecule has 0 unspecified atom stereocenters. The Labute approximate surface area is 174 Å². The second-order valence-electron chi connectivity index (χ2n) is 5.71. The van der Waals surface area contributed by atoms with Crippen molar-refractivity contribution >= 4 is 44.5 Å². The molecular weight excluding hydrogens is 432 g/mol. The number of nitriles is 1. The molecule has 1 amide bonds. The van der Waals surface area contributed by atoms with E-state index in [1.807, 2.05) is 0 Å². The molecule has 1 N–H and O–H groups in total. The largest absolute Gasteiger partial charge is 0.457 e. The van der Waals surface area contributed by atoms with Gasteiger partial charge in [0.2, 0.25) is 20.7 Å². The zero-order chi connectivity index (χ0) is 21.7. The van der Waals surface area contributed by atoms with Crippen LogP contribution in [0.1, 0.15) is 16.1 Å². The number of esters is 1. The second-order valence-corrected chi connectivity index (χ2v) is 8.38. The molecule has 1 aromatic carbocycles. The molecule has 0 aliphatic rings. The highest BCUT2D eigenvalue weighted by atomic mass is 32.2. The van der Waals surface area contributed by atoms with Crippen LogP contribution in [0, 0.1) is 11.3 Å². The van der Waals surface area contributed by atoms with Crippen molar-refractivity contribution in [1.82, 2.24) is 9.36 Å². The third-order valence-electron chi connectivity index (χ3n) is 3.45. The highest BCUT2D eigenvalue weighted by Crippen LogP contribution is 2.18. The lowest BCUT2D eigenvalue weighted by molar-refractivity contribution is -0.112. The van der Waals surface area contributed by atoms with Gasteiger partial charge in [0.1, 0.15) is 17.4 Å². The fourth-order valence-corrected chi connectivity index (χ4v) is 3.51. The lowest BCUT2D eigenvalue weighted by Gasteiger charge is -2.03. The number of nitrogens with zero attached hydrogens (tertiary/aromatic N) is 3. The molecule has 30 heavy (non-hydrogen) atoms. The number of amides is 1. The van der Waals surface area contributed by atoms with Crippen molar-refractivity contribution in [1.29, 1.82) is 5.26 Å². The van der Waals surface area contributed by atoms with Crippen LogP contribution < -0.4 is 10.1 Å². The third kappa shape index (κ3) is 5.16. The number of ether oxygens (including phenoxy) is 1. The van der Waals surface area contributed by atoms with E-state index in [-0.39, 0.29) is 22.2 Å². The lowest BCUT2D eigenvalue weighted by atomic mass is 10.1. The number of hydrogen-bond acceptors (Lipinski definition) is 10. The van der Waals surface area contributed by atoms with Crippen LogP contribution in [0.15, 0.2) is 57.8 Å². The van der Waals surface area contributed by atoms with Crippen molar-refractivity contribution in [2.75, 3.05) is 11.6 Å². The average molecular weight is 444 g/mol. The number of sulfone groups is 1. The van der Waals surface area contributed by atoms with E-state index in [2.05, 4.69) is 14.7 Å². The molecule has 0 saturated heterocycles. The zero-order valence-corrected chi connectivity index (χ0v) is 16.9. The molecule has 0 spiro atoms. The molecule has 0 aliphatic carbocycles. The van der Waals surface area contributed by atoms with Crippen LogP contribution in [0.5, 0.6) is 5.75 Å². The molecule has 0 radical (unpaired) electrons. The maximum absolute atomic E-state index is 12.3. The minimum atomic E-state index is -3.60. The summed E-state index contributed by atoms with van der Waals surface area (Å²) in [6, 6.07) is 10.9. The molecule has 0 fully saturated rings. The van der Waals surface area contributed by atoms with E-state index in [0.717, 1.165) is 6.26 Å². The number of furan rings is 1. The summed E-state index contributed by atoms with van der Waals surface area (Å²) in [6.45, 7) is 0. The van der Waals surface area contributed by atoms with Gasteiger partial charge in [-0.1, -0.05) is 12.1 Å². The number of aromatic nitrogens is 2. The van der Waals surface area contributed by atoms with E-state index < -0.39 is 26.9 Å². The molecule has 3 rings (SSSR count). The van der Waals surface area contributed by atoms with Gasteiger partial charge >= 0.3 is 5.97 Å². The first-order valence-electron chi connectivity index (χ1n) is 8.09. The van der Waals surface area contributed by atoms with Gasteiger partial charge in [-0.2, -0.15) is 14.6 Å². The van der Waals surface area contributed by atoms with E-state index in [4.69, 9.17) is 9.15 Å². The van der Waals surface area contributed by atoms with E-state index in [9.17, 15) is 23.3 Å². The number of hydrogen-bond donors (Lipinski definition) is 1. The Bertz CT molecular complexity index is 1250. The van der Waals surface area contributed by atoms with Crippen molar-refractivity contribution in [3.63, 3.8) is 0 Å². The van der Waals surface area contributed by atoms with E-state index in [0.29, 0.717) is 17.1 Å². The maximum Gasteiger partial charge on any atom is 0.379 e. The number of rotatable bonds is 6. The fraction of sp³-hybridized carbons (Fsp3) is 0.0556. The van der Waals surface area contributed by atoms with E-state index >= 15 is 0 Å². The monoisotopic (exact) mass is 444 g/mol. The summed E-state index contributed by atoms with van der Waals surface area (Å²) < 4.78 is 36.5. The van der Waals surface area contributed by atoms with Crippen LogP contribution in [0.25, 0.3) is 6.08 Å². The van der Waals surface area contributed by atoms with Crippen LogP contribution in [-0.4, -0.2) is 35.9 Å². The molecule has 152 valence electrons. The number of carbonyl (C=O) groups is 2. The average Bonchev–Trinajstić information content (AvgIpc) is 3.39. The molecule has 2 heterocycles. The van der Waals surface area contributed by atoms with Gasteiger partial charge in [-0.15, -0.1) is 0 Å². The van der Waals surface area contributed by atoms with Gasteiger partial charge in [-0.3, -0.25) is 10.1 Å². The molecule has 0 saturated carbocycles. The molecule has 0 aliphatic heterocycles. The molecule has 0 atom stereocenters. The summed E-state index contributed by atoms with van der Waals surface area (Å²) in [5.41, 5.74) is 0.250. The van der Waals surface area contributed by atoms with Gasteiger partial charge in [0.25, 0.3) is 11.1 Å². The first-order chi connectivity index (χ1) is 14.3. The van der Waals surface area contributed by atoms with Crippen LogP contribution in [0.2, 0.25) is 0 Å². The van der Waals surface area contributed by atoms with Crippen molar-refractivity contribution < 1.29 is 27.2 Å². The topological polar surface area (TPSA) is 152 Å². The first kappa shape index (κ1) is 20.9. The summed E-state index contributed by atoms with van der Waals surface area (Å²) in [4.78, 5) is 27.8. The highest BCUT2D eigenvalue weighted by molar-refractivity contribution is 7.90. The van der Waals surface area contributed by atoms with Crippen molar-refractivity contribution in [2.24, 2.45) is 0 Å². The van der Waals surface area contributed by atoms with E-state index in [1.54, 1.807) is 24.3 Å². The smallest absolute Gasteiger partial charge is 0.379 e. The Balaban J connectivity index is 1.69. The molecule has 2 aromatic heterocycles. The minimum Gasteiger partial charge on any atom is -0.457 e. The number of nitrogens with one attached hydrogen (secondary N) is 1. The fourth-order valence-electron chi connectivity index (χ4n) is 2.08. The number of benzene rings is 1. The SMILES string of the molecule is CS(=O)(=O)c1nsc(NC(=O)/C(C#N)=C\c2ccc(OC(=O)c3ccco3)cc2)n1. The van der Waals surface area contributed by atoms with Gasteiger partial charge in [-0.25, -0.2) is 13.2 Å². The standard InChI is InChI=1S/C18H12N4O6S2/c1-30(25,26)18-21-17(29-22-18)20-15(23)12(10-19)9-11-4-6-13(7-5-11)28-16(24)14-3-2-8-27-14/h2-9H,1H3,(H,20,21,22,23)/b12-9-. The molecule has 12 heteroatoms. The van der Waals surface area contributed by atoms with Crippen molar-refractivity contribution in [3.05, 3.63) is 59.6 Å². The van der Waals surface area contributed by atoms with Gasteiger partial charge in [0.05, 0.1) is 6.26 Å². The molecular formula is C18H12N4O6S2. The first-order valence-corrected chi connectivity index (χ1v) is 10.8. The maximum atomic E-state index is 12.3. The van der Waals surface area contributed by atoms with Crippen LogP contribution in [0.3, 0.4) is 0 Å². The summed E-state index contributed by atoms with van der Waals surface area (Å²) >= 11 is 0.680. The Morgan fingerprint density at radius 1 is 1.27 bits per heavy atom. The normalized spacial score (nSPS) is 11.5. The zero-order valence-electron chi connectivity index (χ0n) is 15.2. The van der Waals surface area contributed by atoms with Crippen LogP contribution >= 0.6 is 11.5 Å². The predicted octanol–water partition coefficient (Wildman–Crippen LogP) is 2.30. The quantitative estimate of drug-likeness (QED) is 0.261. The number of carbonyl (C=O) groups excluding carboxylic acids is 2. The van der Waals surface area contributed by atoms with E-state index in [1.165, 1.54) is 30.5 Å². The highest BCUT2D eigenvalue weighted by Gasteiger charge is 2.17. The van der Waals surface area contributed by atoms with Crippen molar-refractivity contribution in [3.8, 4) is 11.8 Å². The molecule has 0 bridgehead atoms. The Morgan fingerprint density at radius 3 is 2.57 bits per heavy atom.